The number of alkyl halides is 3. The molecule has 0 spiro atoms. The first-order valence-corrected chi connectivity index (χ1v) is 12.1. The summed E-state index contributed by atoms with van der Waals surface area (Å²) in [6, 6.07) is 13.1. The molecule has 0 unspecified atom stereocenters. The number of halogens is 4. The third kappa shape index (κ3) is 5.17. The zero-order chi connectivity index (χ0) is 25.4. The lowest BCUT2D eigenvalue weighted by atomic mass is 10.1. The van der Waals surface area contributed by atoms with Crippen molar-refractivity contribution in [3.8, 4) is 21.8 Å². The van der Waals surface area contributed by atoms with Crippen LogP contribution in [0.2, 0.25) is 0 Å². The molecule has 0 amide bonds. The Morgan fingerprint density at radius 1 is 1.00 bits per heavy atom. The Bertz CT molecular complexity index is 1520. The fourth-order valence-corrected chi connectivity index (χ4v) is 5.30. The number of aromatic nitrogens is 1. The highest BCUT2D eigenvalue weighted by atomic mass is 32.2. The average molecular weight is 523 g/mol. The van der Waals surface area contributed by atoms with Crippen molar-refractivity contribution in [2.75, 3.05) is 4.72 Å². The molecular formula is C23H14F4N2O4S2. The zero-order valence-corrected chi connectivity index (χ0v) is 19.0. The number of carbonyl (C=O) groups is 1. The molecule has 0 aliphatic heterocycles. The van der Waals surface area contributed by atoms with Crippen molar-refractivity contribution in [1.82, 2.24) is 4.98 Å². The number of sulfonamides is 1. The Kier molecular flexibility index (Phi) is 6.34. The molecule has 180 valence electrons. The van der Waals surface area contributed by atoms with Gasteiger partial charge in [-0.15, -0.1) is 11.3 Å². The molecule has 0 aliphatic carbocycles. The van der Waals surface area contributed by atoms with Crippen molar-refractivity contribution in [1.29, 1.82) is 0 Å². The number of thiazole rings is 1. The van der Waals surface area contributed by atoms with Crippen LogP contribution in [0, 0.1) is 5.82 Å². The topological polar surface area (TPSA) is 96.4 Å². The number of hydrogen-bond acceptors (Lipinski definition) is 5. The molecule has 0 radical (unpaired) electrons. The SMILES string of the molecule is O=C(O)c1ccccc1S(=O)(=O)Nc1ccc(-c2csc(-c3cc(C(F)(F)F)ccc3F)n2)cc1. The maximum absolute atomic E-state index is 14.2. The standard InChI is InChI=1S/C23H14F4N2O4S2/c24-18-10-7-14(23(25,26)27)11-17(18)21-28-19(12-34-21)13-5-8-15(9-6-13)29-35(32,33)20-4-2-1-3-16(20)22(30)31/h1-12,29H,(H,30,31). The quantitative estimate of drug-likeness (QED) is 0.297. The number of carboxylic acid groups (broad SMARTS) is 1. The number of nitrogens with zero attached hydrogens (tertiary/aromatic N) is 1. The van der Waals surface area contributed by atoms with Gasteiger partial charge in [0.1, 0.15) is 15.7 Å². The van der Waals surface area contributed by atoms with Gasteiger partial charge >= 0.3 is 12.1 Å². The summed E-state index contributed by atoms with van der Waals surface area (Å²) in [5.41, 5.74) is -0.646. The van der Waals surface area contributed by atoms with E-state index < -0.39 is 38.4 Å². The van der Waals surface area contributed by atoms with E-state index in [0.717, 1.165) is 17.4 Å². The summed E-state index contributed by atoms with van der Waals surface area (Å²) in [7, 11) is -4.20. The number of aromatic carboxylic acids is 1. The maximum Gasteiger partial charge on any atom is 0.416 e. The van der Waals surface area contributed by atoms with E-state index in [0.29, 0.717) is 23.4 Å². The van der Waals surface area contributed by atoms with Crippen molar-refractivity contribution < 1.29 is 35.9 Å². The van der Waals surface area contributed by atoms with Crippen molar-refractivity contribution in [3.63, 3.8) is 0 Å². The molecule has 1 aromatic heterocycles. The first-order chi connectivity index (χ1) is 16.5. The number of nitrogens with one attached hydrogen (secondary N) is 1. The van der Waals surface area contributed by atoms with Crippen molar-refractivity contribution in [2.24, 2.45) is 0 Å². The molecule has 0 fully saturated rings. The normalized spacial score (nSPS) is 11.9. The van der Waals surface area contributed by atoms with Crippen LogP contribution < -0.4 is 4.72 Å². The highest BCUT2D eigenvalue weighted by Gasteiger charge is 2.31. The Labute approximate surface area is 200 Å². The number of hydrogen-bond donors (Lipinski definition) is 2. The largest absolute Gasteiger partial charge is 0.478 e. The Balaban J connectivity index is 1.58. The first kappa shape index (κ1) is 24.4. The minimum atomic E-state index is -4.63. The third-order valence-corrected chi connectivity index (χ3v) is 7.18. The highest BCUT2D eigenvalue weighted by Crippen LogP contribution is 2.36. The van der Waals surface area contributed by atoms with Crippen LogP contribution in [-0.2, 0) is 16.2 Å². The lowest BCUT2D eigenvalue weighted by Crippen LogP contribution is -2.16. The molecule has 0 saturated heterocycles. The minimum absolute atomic E-state index is 0.0543. The van der Waals surface area contributed by atoms with Crippen molar-refractivity contribution >= 4 is 33.0 Å². The second-order valence-electron chi connectivity index (χ2n) is 7.21. The molecular weight excluding hydrogens is 508 g/mol. The van der Waals surface area contributed by atoms with Gasteiger partial charge in [-0.2, -0.15) is 13.2 Å². The van der Waals surface area contributed by atoms with Crippen LogP contribution >= 0.6 is 11.3 Å². The summed E-state index contributed by atoms with van der Waals surface area (Å²) in [5.74, 6) is -2.23. The molecule has 0 saturated carbocycles. The monoisotopic (exact) mass is 522 g/mol. The molecule has 2 N–H and O–H groups in total. The smallest absolute Gasteiger partial charge is 0.416 e. The second-order valence-corrected chi connectivity index (χ2v) is 9.72. The van der Waals surface area contributed by atoms with E-state index in [1.54, 1.807) is 0 Å². The molecule has 4 aromatic rings. The van der Waals surface area contributed by atoms with Gasteiger partial charge in [-0.25, -0.2) is 22.6 Å². The maximum atomic E-state index is 14.2. The summed E-state index contributed by atoms with van der Waals surface area (Å²) in [6.07, 6.45) is -4.63. The van der Waals surface area contributed by atoms with Crippen LogP contribution in [0.15, 0.2) is 77.0 Å². The van der Waals surface area contributed by atoms with E-state index in [4.69, 9.17) is 0 Å². The van der Waals surface area contributed by atoms with Crippen molar-refractivity contribution in [2.45, 2.75) is 11.1 Å². The fraction of sp³-hybridized carbons (Fsp3) is 0.0435. The summed E-state index contributed by atoms with van der Waals surface area (Å²) in [6.45, 7) is 0. The molecule has 0 aliphatic rings. The van der Waals surface area contributed by atoms with Gasteiger partial charge in [-0.3, -0.25) is 4.72 Å². The Hall–Kier alpha value is -3.77. The fourth-order valence-electron chi connectivity index (χ4n) is 3.19. The van der Waals surface area contributed by atoms with Gasteiger partial charge in [-0.1, -0.05) is 24.3 Å². The molecule has 0 bridgehead atoms. The molecule has 0 atom stereocenters. The van der Waals surface area contributed by atoms with E-state index >= 15 is 0 Å². The van der Waals surface area contributed by atoms with Crippen LogP contribution in [0.5, 0.6) is 0 Å². The predicted molar refractivity (Wildman–Crippen MR) is 122 cm³/mol. The number of rotatable bonds is 6. The summed E-state index contributed by atoms with van der Waals surface area (Å²) in [4.78, 5) is 15.2. The number of carboxylic acids is 1. The van der Waals surface area contributed by atoms with Gasteiger partial charge in [0, 0.05) is 22.2 Å². The molecule has 6 nitrogen and oxygen atoms in total. The zero-order valence-electron chi connectivity index (χ0n) is 17.4. The van der Waals surface area contributed by atoms with E-state index in [2.05, 4.69) is 9.71 Å². The van der Waals surface area contributed by atoms with E-state index in [1.807, 2.05) is 0 Å². The Morgan fingerprint density at radius 2 is 1.69 bits per heavy atom. The van der Waals surface area contributed by atoms with E-state index in [9.17, 15) is 35.9 Å². The number of anilines is 1. The number of benzene rings is 3. The third-order valence-electron chi connectivity index (χ3n) is 4.87. The Morgan fingerprint density at radius 3 is 2.34 bits per heavy atom. The van der Waals surface area contributed by atoms with E-state index in [1.165, 1.54) is 53.9 Å². The highest BCUT2D eigenvalue weighted by molar-refractivity contribution is 7.92. The van der Waals surface area contributed by atoms with Crippen LogP contribution in [0.3, 0.4) is 0 Å². The van der Waals surface area contributed by atoms with Crippen LogP contribution in [0.25, 0.3) is 21.8 Å². The molecule has 12 heteroatoms. The van der Waals surface area contributed by atoms with Gasteiger partial charge < -0.3 is 5.11 Å². The lowest BCUT2D eigenvalue weighted by molar-refractivity contribution is -0.137. The molecule has 4 rings (SSSR count). The molecule has 3 aromatic carbocycles. The lowest BCUT2D eigenvalue weighted by Gasteiger charge is -2.10. The van der Waals surface area contributed by atoms with Gasteiger partial charge in [0.2, 0.25) is 0 Å². The van der Waals surface area contributed by atoms with E-state index in [-0.39, 0.29) is 21.8 Å². The molecule has 35 heavy (non-hydrogen) atoms. The summed E-state index contributed by atoms with van der Waals surface area (Å²) >= 11 is 0.961. The molecule has 1 heterocycles. The van der Waals surface area contributed by atoms with Crippen LogP contribution in [0.1, 0.15) is 15.9 Å². The van der Waals surface area contributed by atoms with Gasteiger partial charge in [0.15, 0.2) is 0 Å². The van der Waals surface area contributed by atoms with Gasteiger partial charge in [0.05, 0.1) is 16.8 Å². The summed E-state index contributed by atoms with van der Waals surface area (Å²) in [5, 5.41) is 10.8. The average Bonchev–Trinajstić information content (AvgIpc) is 3.29. The van der Waals surface area contributed by atoms with Crippen LogP contribution in [0.4, 0.5) is 23.2 Å². The second kappa shape index (κ2) is 9.12. The van der Waals surface area contributed by atoms with Gasteiger partial charge in [0.25, 0.3) is 10.0 Å². The summed E-state index contributed by atoms with van der Waals surface area (Å²) < 4.78 is 80.8. The predicted octanol–water partition coefficient (Wildman–Crippen LogP) is 6.13. The van der Waals surface area contributed by atoms with Crippen LogP contribution in [-0.4, -0.2) is 24.5 Å². The first-order valence-electron chi connectivity index (χ1n) is 9.74. The van der Waals surface area contributed by atoms with Gasteiger partial charge in [-0.05, 0) is 42.5 Å². The van der Waals surface area contributed by atoms with Crippen molar-refractivity contribution in [3.05, 3.63) is 89.1 Å². The minimum Gasteiger partial charge on any atom is -0.478 e.